The monoisotopic (exact) mass is 274 g/mol. The highest BCUT2D eigenvalue weighted by Crippen LogP contribution is 2.15. The second-order valence-corrected chi connectivity index (χ2v) is 3.35. The molecule has 0 heterocycles. The lowest BCUT2D eigenvalue weighted by atomic mass is 10.1. The normalized spacial score (nSPS) is 12.1. The van der Waals surface area contributed by atoms with Gasteiger partial charge in [-0.2, -0.15) is 13.2 Å². The van der Waals surface area contributed by atoms with E-state index in [2.05, 4.69) is 21.7 Å². The molecule has 0 bridgehead atoms. The average molecular weight is 274 g/mol. The van der Waals surface area contributed by atoms with Crippen LogP contribution in [0.3, 0.4) is 0 Å². The third-order valence-electron chi connectivity index (χ3n) is 1.90. The number of amidine groups is 1. The number of carboxylic acids is 1. The van der Waals surface area contributed by atoms with Gasteiger partial charge in [-0.05, 0) is 18.9 Å². The van der Waals surface area contributed by atoms with Crippen LogP contribution in [0.4, 0.5) is 13.2 Å². The van der Waals surface area contributed by atoms with Crippen molar-refractivity contribution >= 4 is 18.5 Å². The number of aromatic carboxylic acids is 1. The molecule has 1 N–H and O–H groups in total. The Kier molecular flexibility index (Phi) is 4.62. The van der Waals surface area contributed by atoms with Crippen molar-refractivity contribution in [2.24, 2.45) is 10.1 Å². The first-order chi connectivity index (χ1) is 8.83. The van der Waals surface area contributed by atoms with Crippen molar-refractivity contribution in [1.82, 2.24) is 0 Å². The summed E-state index contributed by atoms with van der Waals surface area (Å²) in [5, 5.41) is 12.0. The molecule has 0 saturated heterocycles. The van der Waals surface area contributed by atoms with Gasteiger partial charge in [0.2, 0.25) is 6.61 Å². The molecule has 5 nitrogen and oxygen atoms in total. The summed E-state index contributed by atoms with van der Waals surface area (Å²) in [6, 6.07) is 5.36. The molecule has 0 aliphatic rings. The van der Waals surface area contributed by atoms with Gasteiger partial charge in [0.1, 0.15) is 0 Å². The quantitative estimate of drug-likeness (QED) is 0.520. The Morgan fingerprint density at radius 2 is 2.00 bits per heavy atom. The Hall–Kier alpha value is -2.38. The summed E-state index contributed by atoms with van der Waals surface area (Å²) < 4.78 is 35.6. The highest BCUT2D eigenvalue weighted by atomic mass is 19.4. The van der Waals surface area contributed by atoms with E-state index < -0.39 is 18.8 Å². The van der Waals surface area contributed by atoms with Gasteiger partial charge in [0.25, 0.3) is 0 Å². The standard InChI is InChI=1S/C11H9F3N2O3/c1-15-9(16-19-6-11(12,13)14)7-3-2-4-8(5-7)10(17)18/h2-5H,1,6H2,(H,17,18)/b16-9-. The molecule has 0 amide bonds. The van der Waals surface area contributed by atoms with Gasteiger partial charge in [-0.25, -0.2) is 9.79 Å². The van der Waals surface area contributed by atoms with E-state index in [-0.39, 0.29) is 17.0 Å². The summed E-state index contributed by atoms with van der Waals surface area (Å²) in [5.41, 5.74) is 0.141. The van der Waals surface area contributed by atoms with Crippen LogP contribution < -0.4 is 0 Å². The molecule has 0 saturated carbocycles. The molecule has 0 aliphatic heterocycles. The molecule has 0 aromatic heterocycles. The number of halogens is 3. The first kappa shape index (κ1) is 14.7. The Labute approximate surface area is 106 Å². The van der Waals surface area contributed by atoms with Crippen LogP contribution in [0.15, 0.2) is 34.4 Å². The van der Waals surface area contributed by atoms with E-state index in [0.29, 0.717) is 0 Å². The van der Waals surface area contributed by atoms with E-state index in [1.165, 1.54) is 24.3 Å². The highest BCUT2D eigenvalue weighted by Gasteiger charge is 2.28. The number of carbonyl (C=O) groups is 1. The predicted molar refractivity (Wildman–Crippen MR) is 61.5 cm³/mol. The van der Waals surface area contributed by atoms with Crippen LogP contribution >= 0.6 is 0 Å². The Morgan fingerprint density at radius 3 is 2.53 bits per heavy atom. The van der Waals surface area contributed by atoms with Gasteiger partial charge in [-0.15, -0.1) is 0 Å². The Bertz CT molecular complexity index is 512. The minimum Gasteiger partial charge on any atom is -0.478 e. The fraction of sp³-hybridized carbons (Fsp3) is 0.182. The zero-order valence-corrected chi connectivity index (χ0v) is 9.52. The van der Waals surface area contributed by atoms with E-state index >= 15 is 0 Å². The summed E-state index contributed by atoms with van der Waals surface area (Å²) in [5.74, 6) is -1.41. The van der Waals surface area contributed by atoms with Crippen molar-refractivity contribution in [2.75, 3.05) is 6.61 Å². The number of alkyl halides is 3. The third-order valence-corrected chi connectivity index (χ3v) is 1.90. The van der Waals surface area contributed by atoms with Crippen LogP contribution in [0.1, 0.15) is 15.9 Å². The van der Waals surface area contributed by atoms with E-state index in [0.717, 1.165) is 0 Å². The summed E-state index contributed by atoms with van der Waals surface area (Å²) >= 11 is 0. The van der Waals surface area contributed by atoms with Crippen molar-refractivity contribution in [3.05, 3.63) is 35.4 Å². The maximum Gasteiger partial charge on any atom is 0.425 e. The van der Waals surface area contributed by atoms with Gasteiger partial charge in [-0.1, -0.05) is 17.3 Å². The summed E-state index contributed by atoms with van der Waals surface area (Å²) in [6.07, 6.45) is -4.52. The molecule has 0 atom stereocenters. The maximum absolute atomic E-state index is 11.9. The first-order valence-corrected chi connectivity index (χ1v) is 4.90. The molecule has 1 rings (SSSR count). The molecule has 1 aromatic rings. The lowest BCUT2D eigenvalue weighted by Gasteiger charge is -2.05. The number of oxime groups is 1. The molecular formula is C11H9F3N2O3. The molecule has 19 heavy (non-hydrogen) atoms. The summed E-state index contributed by atoms with van der Waals surface area (Å²) in [7, 11) is 0. The van der Waals surface area contributed by atoms with Crippen LogP contribution in [0.2, 0.25) is 0 Å². The van der Waals surface area contributed by atoms with Crippen LogP contribution in [0.25, 0.3) is 0 Å². The van der Waals surface area contributed by atoms with Crippen molar-refractivity contribution in [3.63, 3.8) is 0 Å². The number of hydrogen-bond donors (Lipinski definition) is 1. The van der Waals surface area contributed by atoms with Gasteiger partial charge < -0.3 is 9.94 Å². The topological polar surface area (TPSA) is 71.2 Å². The van der Waals surface area contributed by atoms with Crippen molar-refractivity contribution < 1.29 is 27.9 Å². The Balaban J connectivity index is 2.91. The Morgan fingerprint density at radius 1 is 1.37 bits per heavy atom. The van der Waals surface area contributed by atoms with Gasteiger partial charge in [0, 0.05) is 5.56 Å². The summed E-state index contributed by atoms with van der Waals surface area (Å²) in [6.45, 7) is 1.57. The van der Waals surface area contributed by atoms with Gasteiger partial charge in [0.15, 0.2) is 5.84 Å². The van der Waals surface area contributed by atoms with Crippen LogP contribution in [-0.2, 0) is 4.84 Å². The molecule has 102 valence electrons. The molecule has 0 spiro atoms. The maximum atomic E-state index is 11.9. The van der Waals surface area contributed by atoms with Crippen molar-refractivity contribution in [2.45, 2.75) is 6.18 Å². The smallest absolute Gasteiger partial charge is 0.425 e. The first-order valence-electron chi connectivity index (χ1n) is 4.90. The van der Waals surface area contributed by atoms with Crippen molar-refractivity contribution in [1.29, 1.82) is 0 Å². The molecule has 1 aromatic carbocycles. The molecular weight excluding hydrogens is 265 g/mol. The molecule has 0 unspecified atom stereocenters. The lowest BCUT2D eigenvalue weighted by molar-refractivity contribution is -0.173. The van der Waals surface area contributed by atoms with Crippen molar-refractivity contribution in [3.8, 4) is 0 Å². The number of rotatable bonds is 4. The number of hydrogen-bond acceptors (Lipinski definition) is 3. The van der Waals surface area contributed by atoms with E-state index in [1.54, 1.807) is 0 Å². The number of nitrogens with zero attached hydrogens (tertiary/aromatic N) is 2. The van der Waals surface area contributed by atoms with E-state index in [4.69, 9.17) is 5.11 Å². The average Bonchev–Trinajstić information content (AvgIpc) is 2.33. The number of aliphatic imine (C=N–C) groups is 1. The second kappa shape index (κ2) is 5.98. The molecule has 0 aliphatic carbocycles. The fourth-order valence-corrected chi connectivity index (χ4v) is 1.13. The minimum absolute atomic E-state index is 0.0512. The highest BCUT2D eigenvalue weighted by molar-refractivity contribution is 6.02. The zero-order chi connectivity index (χ0) is 14.5. The predicted octanol–water partition coefficient (Wildman–Crippen LogP) is 2.33. The number of carboxylic acid groups (broad SMARTS) is 1. The lowest BCUT2D eigenvalue weighted by Crippen LogP contribution is -2.15. The zero-order valence-electron chi connectivity index (χ0n) is 9.52. The SMILES string of the molecule is C=N/C(=N\OCC(F)(F)F)c1cccc(C(=O)O)c1. The van der Waals surface area contributed by atoms with E-state index in [1.807, 2.05) is 0 Å². The molecule has 8 heteroatoms. The van der Waals surface area contributed by atoms with Crippen LogP contribution in [0.5, 0.6) is 0 Å². The molecule has 0 fully saturated rings. The minimum atomic E-state index is -4.52. The van der Waals surface area contributed by atoms with Gasteiger partial charge >= 0.3 is 12.1 Å². The fourth-order valence-electron chi connectivity index (χ4n) is 1.13. The van der Waals surface area contributed by atoms with E-state index in [9.17, 15) is 18.0 Å². The van der Waals surface area contributed by atoms with Crippen LogP contribution in [-0.4, -0.2) is 36.4 Å². The molecule has 0 radical (unpaired) electrons. The third kappa shape index (κ3) is 4.78. The van der Waals surface area contributed by atoms with Crippen LogP contribution in [0, 0.1) is 0 Å². The van der Waals surface area contributed by atoms with Gasteiger partial charge in [0.05, 0.1) is 5.56 Å². The largest absolute Gasteiger partial charge is 0.478 e. The second-order valence-electron chi connectivity index (χ2n) is 3.35. The number of benzene rings is 1. The van der Waals surface area contributed by atoms with Gasteiger partial charge in [-0.3, -0.25) is 0 Å². The summed E-state index contributed by atoms with van der Waals surface area (Å²) in [4.78, 5) is 18.2.